The molecule has 0 saturated carbocycles. The van der Waals surface area contributed by atoms with Crippen LogP contribution in [-0.2, 0) is 20.0 Å². The number of ether oxygens (including phenoxy) is 2. The van der Waals surface area contributed by atoms with Crippen LogP contribution in [0, 0.1) is 0 Å². The number of carbonyl (C=O) groups excluding carboxylic acids is 1. The molecule has 35 heavy (non-hydrogen) atoms. The van der Waals surface area contributed by atoms with Crippen molar-refractivity contribution >= 4 is 54.6 Å². The number of sulfonamides is 2. The van der Waals surface area contributed by atoms with E-state index in [0.717, 1.165) is 6.26 Å². The average molecular weight is 540 g/mol. The Morgan fingerprint density at radius 2 is 1.49 bits per heavy atom. The van der Waals surface area contributed by atoms with Crippen LogP contribution in [-0.4, -0.2) is 43.2 Å². The van der Waals surface area contributed by atoms with Crippen molar-refractivity contribution in [2.75, 3.05) is 35.2 Å². The smallest absolute Gasteiger partial charge is 0.262 e. The van der Waals surface area contributed by atoms with Crippen molar-refractivity contribution in [3.63, 3.8) is 0 Å². The molecule has 3 aromatic rings. The number of rotatable bonds is 9. The van der Waals surface area contributed by atoms with Gasteiger partial charge >= 0.3 is 0 Å². The fourth-order valence-electron chi connectivity index (χ4n) is 2.98. The summed E-state index contributed by atoms with van der Waals surface area (Å²) in [6.07, 6.45) is 0.983. The first-order valence-electron chi connectivity index (χ1n) is 9.85. The maximum absolute atomic E-state index is 12.8. The molecule has 3 aromatic carbocycles. The SMILES string of the molecule is COc1ccc(NS(=O)(=O)c2ccc(NC(=O)c3cc(NS(C)(=O)=O)ccc3Cl)cc2)c(OC)c1. The maximum Gasteiger partial charge on any atom is 0.262 e. The fourth-order valence-corrected chi connectivity index (χ4v) is 4.81. The zero-order valence-corrected chi connectivity index (χ0v) is 21.2. The molecule has 10 nitrogen and oxygen atoms in total. The number of halogens is 1. The Bertz CT molecular complexity index is 1460. The largest absolute Gasteiger partial charge is 0.497 e. The Hall–Kier alpha value is -3.48. The molecule has 0 aliphatic rings. The number of anilines is 3. The Balaban J connectivity index is 1.77. The standard InChI is InChI=1S/C22H22ClN3O7S2/c1-32-16-7-11-20(21(13-16)33-2)26-35(30,31)17-8-4-14(5-9-17)24-22(27)18-12-15(6-10-19(18)23)25-34(3,28)29/h4-13,25-26H,1-3H3,(H,24,27). The van der Waals surface area contributed by atoms with Gasteiger partial charge in [0.15, 0.2) is 0 Å². The van der Waals surface area contributed by atoms with Crippen molar-refractivity contribution in [1.29, 1.82) is 0 Å². The number of amides is 1. The van der Waals surface area contributed by atoms with Gasteiger partial charge in [-0.05, 0) is 54.6 Å². The van der Waals surface area contributed by atoms with E-state index in [1.165, 1.54) is 62.8 Å². The van der Waals surface area contributed by atoms with E-state index in [2.05, 4.69) is 14.8 Å². The summed E-state index contributed by atoms with van der Waals surface area (Å²) in [4.78, 5) is 12.6. The third-order valence-corrected chi connectivity index (χ3v) is 6.91. The van der Waals surface area contributed by atoms with E-state index in [0.29, 0.717) is 11.4 Å². The zero-order valence-electron chi connectivity index (χ0n) is 18.8. The molecule has 0 heterocycles. The second-order valence-corrected chi connectivity index (χ2v) is 11.1. The molecule has 3 rings (SSSR count). The summed E-state index contributed by atoms with van der Waals surface area (Å²) in [5, 5.41) is 2.71. The summed E-state index contributed by atoms with van der Waals surface area (Å²) in [6.45, 7) is 0. The number of benzene rings is 3. The van der Waals surface area contributed by atoms with Crippen molar-refractivity contribution in [2.24, 2.45) is 0 Å². The van der Waals surface area contributed by atoms with E-state index in [9.17, 15) is 21.6 Å². The van der Waals surface area contributed by atoms with Gasteiger partial charge in [-0.3, -0.25) is 14.2 Å². The van der Waals surface area contributed by atoms with E-state index < -0.39 is 26.0 Å². The minimum Gasteiger partial charge on any atom is -0.497 e. The maximum atomic E-state index is 12.8. The van der Waals surface area contributed by atoms with E-state index in [4.69, 9.17) is 21.1 Å². The third-order valence-electron chi connectivity index (χ3n) is 4.59. The number of hydrogen-bond donors (Lipinski definition) is 3. The lowest BCUT2D eigenvalue weighted by atomic mass is 10.2. The molecule has 0 fully saturated rings. The van der Waals surface area contributed by atoms with Crippen molar-refractivity contribution in [1.82, 2.24) is 0 Å². The molecular weight excluding hydrogens is 518 g/mol. The molecular formula is C22H22ClN3O7S2. The number of methoxy groups -OCH3 is 2. The van der Waals surface area contributed by atoms with Gasteiger partial charge in [-0.15, -0.1) is 0 Å². The zero-order chi connectivity index (χ0) is 25.8. The van der Waals surface area contributed by atoms with Crippen LogP contribution < -0.4 is 24.2 Å². The molecule has 186 valence electrons. The second-order valence-electron chi connectivity index (χ2n) is 7.22. The minimum atomic E-state index is -3.96. The normalized spacial score (nSPS) is 11.4. The van der Waals surface area contributed by atoms with Crippen molar-refractivity contribution in [2.45, 2.75) is 4.90 Å². The molecule has 0 spiro atoms. The molecule has 0 aliphatic carbocycles. The van der Waals surface area contributed by atoms with Crippen LogP contribution in [0.3, 0.4) is 0 Å². The van der Waals surface area contributed by atoms with Gasteiger partial charge in [-0.25, -0.2) is 16.8 Å². The number of carbonyl (C=O) groups is 1. The summed E-state index contributed by atoms with van der Waals surface area (Å²) in [7, 11) is -4.62. The van der Waals surface area contributed by atoms with Crippen LogP contribution in [0.4, 0.5) is 17.1 Å². The highest BCUT2D eigenvalue weighted by Crippen LogP contribution is 2.31. The topological polar surface area (TPSA) is 140 Å². The van der Waals surface area contributed by atoms with E-state index in [1.54, 1.807) is 12.1 Å². The first-order chi connectivity index (χ1) is 16.4. The highest BCUT2D eigenvalue weighted by atomic mass is 35.5. The second kappa shape index (κ2) is 10.4. The van der Waals surface area contributed by atoms with Gasteiger partial charge in [0, 0.05) is 17.4 Å². The first-order valence-corrected chi connectivity index (χ1v) is 13.6. The van der Waals surface area contributed by atoms with Gasteiger partial charge in [0.2, 0.25) is 10.0 Å². The molecule has 0 aliphatic heterocycles. The minimum absolute atomic E-state index is 0.0327. The van der Waals surface area contributed by atoms with Crippen molar-refractivity contribution < 1.29 is 31.1 Å². The predicted molar refractivity (Wildman–Crippen MR) is 135 cm³/mol. The van der Waals surface area contributed by atoms with E-state index in [-0.39, 0.29) is 32.6 Å². The number of nitrogens with one attached hydrogen (secondary N) is 3. The summed E-state index contributed by atoms with van der Waals surface area (Å²) >= 11 is 6.09. The lowest BCUT2D eigenvalue weighted by Crippen LogP contribution is -2.15. The Kier molecular flexibility index (Phi) is 7.78. The van der Waals surface area contributed by atoms with Crippen molar-refractivity contribution in [3.8, 4) is 11.5 Å². The predicted octanol–water partition coefficient (Wildman–Crippen LogP) is 3.78. The molecule has 0 saturated heterocycles. The van der Waals surface area contributed by atoms with Gasteiger partial charge in [-0.2, -0.15) is 0 Å². The molecule has 1 amide bonds. The summed E-state index contributed by atoms with van der Waals surface area (Å²) < 4.78 is 63.6. The summed E-state index contributed by atoms with van der Waals surface area (Å²) in [5.41, 5.74) is 0.727. The highest BCUT2D eigenvalue weighted by Gasteiger charge is 2.18. The monoisotopic (exact) mass is 539 g/mol. The van der Waals surface area contributed by atoms with Crippen LogP contribution in [0.5, 0.6) is 11.5 Å². The van der Waals surface area contributed by atoms with E-state index >= 15 is 0 Å². The lowest BCUT2D eigenvalue weighted by molar-refractivity contribution is 0.102. The number of hydrogen-bond acceptors (Lipinski definition) is 7. The Morgan fingerprint density at radius 1 is 0.829 bits per heavy atom. The third kappa shape index (κ3) is 6.78. The summed E-state index contributed by atoms with van der Waals surface area (Å²) in [5.74, 6) is 0.174. The quantitative estimate of drug-likeness (QED) is 0.376. The van der Waals surface area contributed by atoms with Crippen LogP contribution in [0.15, 0.2) is 65.6 Å². The Morgan fingerprint density at radius 3 is 2.09 bits per heavy atom. The highest BCUT2D eigenvalue weighted by molar-refractivity contribution is 7.92. The molecule has 3 N–H and O–H groups in total. The van der Waals surface area contributed by atoms with Crippen LogP contribution >= 0.6 is 11.6 Å². The molecule has 0 atom stereocenters. The van der Waals surface area contributed by atoms with E-state index in [1.807, 2.05) is 0 Å². The Labute approximate surface area is 208 Å². The lowest BCUT2D eigenvalue weighted by Gasteiger charge is -2.13. The van der Waals surface area contributed by atoms with Gasteiger partial charge in [0.1, 0.15) is 11.5 Å². The summed E-state index contributed by atoms with van der Waals surface area (Å²) in [6, 6.07) is 14.2. The van der Waals surface area contributed by atoms with Crippen molar-refractivity contribution in [3.05, 3.63) is 71.2 Å². The molecule has 13 heteroatoms. The fraction of sp³-hybridized carbons (Fsp3) is 0.136. The molecule has 0 aromatic heterocycles. The van der Waals surface area contributed by atoms with Crippen LogP contribution in [0.2, 0.25) is 5.02 Å². The molecule has 0 radical (unpaired) electrons. The van der Waals surface area contributed by atoms with Crippen LogP contribution in [0.25, 0.3) is 0 Å². The average Bonchev–Trinajstić information content (AvgIpc) is 2.79. The van der Waals surface area contributed by atoms with Gasteiger partial charge < -0.3 is 14.8 Å². The van der Waals surface area contributed by atoms with Crippen LogP contribution in [0.1, 0.15) is 10.4 Å². The van der Waals surface area contributed by atoms with Gasteiger partial charge in [0.05, 0.1) is 41.6 Å². The first kappa shape index (κ1) is 26.1. The molecule has 0 bridgehead atoms. The molecule has 0 unspecified atom stereocenters. The van der Waals surface area contributed by atoms with Gasteiger partial charge in [-0.1, -0.05) is 11.6 Å². The van der Waals surface area contributed by atoms with Gasteiger partial charge in [0.25, 0.3) is 15.9 Å².